The maximum Gasteiger partial charge on any atom is 0.508 e. The minimum Gasteiger partial charge on any atom is -0.330 e. The highest BCUT2D eigenvalue weighted by atomic mass is 31.1. The predicted octanol–water partition coefficient (Wildman–Crippen LogP) is 4.85. The number of nitrogens with zero attached hydrogens (tertiary/aromatic N) is 1. The van der Waals surface area contributed by atoms with Gasteiger partial charge in [-0.25, -0.2) is 4.79 Å². The molecule has 34 heavy (non-hydrogen) atoms. The van der Waals surface area contributed by atoms with Crippen molar-refractivity contribution in [2.24, 2.45) is 11.8 Å². The molecule has 0 spiro atoms. The zero-order valence-electron chi connectivity index (χ0n) is 19.6. The van der Waals surface area contributed by atoms with E-state index in [2.05, 4.69) is 24.3 Å². The minimum atomic E-state index is -2.10. The average Bonchev–Trinajstić information content (AvgIpc) is 3.12. The summed E-state index contributed by atoms with van der Waals surface area (Å²) in [6.07, 6.45) is 1.94. The van der Waals surface area contributed by atoms with Gasteiger partial charge in [0, 0.05) is 19.3 Å². The van der Waals surface area contributed by atoms with E-state index in [4.69, 9.17) is 9.36 Å². The number of carbonyl (C=O) groups is 3. The van der Waals surface area contributed by atoms with Crippen LogP contribution in [0.3, 0.4) is 0 Å². The van der Waals surface area contributed by atoms with Crippen molar-refractivity contribution in [1.82, 2.24) is 5.06 Å². The third-order valence-electron chi connectivity index (χ3n) is 5.55. The van der Waals surface area contributed by atoms with Crippen LogP contribution in [0.15, 0.2) is 54.6 Å². The normalized spacial score (nSPS) is 15.0. The molecule has 1 aliphatic heterocycles. The van der Waals surface area contributed by atoms with Gasteiger partial charge in [-0.3, -0.25) is 9.59 Å². The Kier molecular flexibility index (Phi) is 9.49. The van der Waals surface area contributed by atoms with Gasteiger partial charge in [0.15, 0.2) is 6.16 Å². The largest absolute Gasteiger partial charge is 0.508 e. The van der Waals surface area contributed by atoms with Crippen molar-refractivity contribution in [3.05, 3.63) is 71.3 Å². The first kappa shape index (κ1) is 25.7. The van der Waals surface area contributed by atoms with Crippen molar-refractivity contribution in [2.75, 3.05) is 12.8 Å². The second kappa shape index (κ2) is 12.5. The first-order valence-electron chi connectivity index (χ1n) is 11.6. The molecule has 0 aromatic heterocycles. The Bertz CT molecular complexity index is 990. The first-order chi connectivity index (χ1) is 16.3. The lowest BCUT2D eigenvalue weighted by Gasteiger charge is -2.17. The maximum absolute atomic E-state index is 12.6. The summed E-state index contributed by atoms with van der Waals surface area (Å²) in [7, 11) is -2.10. The van der Waals surface area contributed by atoms with Crippen LogP contribution < -0.4 is 0 Å². The van der Waals surface area contributed by atoms with Crippen molar-refractivity contribution >= 4 is 25.8 Å². The van der Waals surface area contributed by atoms with E-state index in [1.54, 1.807) is 0 Å². The number of hydrogen-bond donors (Lipinski definition) is 0. The van der Waals surface area contributed by atoms with Crippen molar-refractivity contribution in [3.8, 4) is 0 Å². The van der Waals surface area contributed by atoms with Gasteiger partial charge in [-0.1, -0.05) is 68.4 Å². The van der Waals surface area contributed by atoms with Crippen LogP contribution in [0.25, 0.3) is 0 Å². The molecule has 2 atom stereocenters. The van der Waals surface area contributed by atoms with Crippen LogP contribution in [0.2, 0.25) is 0 Å². The van der Waals surface area contributed by atoms with Gasteiger partial charge in [-0.15, -0.1) is 9.59 Å². The summed E-state index contributed by atoms with van der Waals surface area (Å²) in [5.74, 6) is -2.37. The molecule has 2 unspecified atom stereocenters. The fourth-order valence-electron chi connectivity index (χ4n) is 3.79. The number of benzene rings is 2. The predicted molar refractivity (Wildman–Crippen MR) is 128 cm³/mol. The minimum absolute atomic E-state index is 0.0153. The highest BCUT2D eigenvalue weighted by Crippen LogP contribution is 2.30. The molecule has 2 aromatic rings. The topological polar surface area (TPSA) is 90.0 Å². The van der Waals surface area contributed by atoms with Gasteiger partial charge in [-0.2, -0.15) is 0 Å². The Morgan fingerprint density at radius 1 is 0.941 bits per heavy atom. The lowest BCUT2D eigenvalue weighted by molar-refractivity contribution is -0.200. The fraction of sp³-hybridized carbons (Fsp3) is 0.423. The number of hydroxylamine groups is 2. The van der Waals surface area contributed by atoms with E-state index in [0.717, 1.165) is 12.0 Å². The molecule has 0 radical (unpaired) electrons. The van der Waals surface area contributed by atoms with E-state index in [1.165, 1.54) is 11.1 Å². The maximum atomic E-state index is 12.6. The molecule has 1 heterocycles. The monoisotopic (exact) mass is 484 g/mol. The third kappa shape index (κ3) is 7.86. The van der Waals surface area contributed by atoms with Crippen LogP contribution in [0.4, 0.5) is 0 Å². The van der Waals surface area contributed by atoms with Crippen LogP contribution in [-0.4, -0.2) is 35.6 Å². The van der Waals surface area contributed by atoms with Gasteiger partial charge < -0.3 is 4.84 Å². The van der Waals surface area contributed by atoms with E-state index < -0.39 is 31.7 Å². The molecule has 2 amide bonds. The van der Waals surface area contributed by atoms with E-state index in [1.807, 2.05) is 44.2 Å². The van der Waals surface area contributed by atoms with Gasteiger partial charge in [0.05, 0.1) is 0 Å². The number of amides is 2. The molecule has 2 aromatic carbocycles. The number of imide groups is 1. The van der Waals surface area contributed by atoms with E-state index in [9.17, 15) is 18.9 Å². The molecule has 0 bridgehead atoms. The molecule has 0 saturated carbocycles. The molecule has 1 fully saturated rings. The lowest BCUT2D eigenvalue weighted by Crippen LogP contribution is -2.35. The zero-order chi connectivity index (χ0) is 24.5. The van der Waals surface area contributed by atoms with Gasteiger partial charge in [0.2, 0.25) is 0 Å². The van der Waals surface area contributed by atoms with Crippen LogP contribution in [0.5, 0.6) is 0 Å². The molecular formula is C26H31NO6P+. The van der Waals surface area contributed by atoms with E-state index in [0.29, 0.717) is 17.9 Å². The third-order valence-corrected chi connectivity index (χ3v) is 6.76. The van der Waals surface area contributed by atoms with Gasteiger partial charge in [0.1, 0.15) is 12.5 Å². The van der Waals surface area contributed by atoms with Crippen molar-refractivity contribution in [3.63, 3.8) is 0 Å². The molecule has 0 aliphatic carbocycles. The lowest BCUT2D eigenvalue weighted by atomic mass is 9.99. The summed E-state index contributed by atoms with van der Waals surface area (Å²) in [6.45, 7) is 4.13. The standard InChI is InChI=1S/C26H31NO6P/c1-19(2)16-23(26(30)33-27-24(28)12-13-25(27)29)18-34(31)32-15-14-20-8-10-22(11-9-20)17-21-6-4-3-5-7-21/h3-11,19,23H,12-18H2,1-2H3/q+1. The molecule has 1 aliphatic rings. The summed E-state index contributed by atoms with van der Waals surface area (Å²) in [6, 6.07) is 18.5. The Hall–Kier alpha value is -2.89. The van der Waals surface area contributed by atoms with Gasteiger partial charge in [-0.05, 0) is 40.0 Å². The molecule has 180 valence electrons. The summed E-state index contributed by atoms with van der Waals surface area (Å²) in [4.78, 5) is 41.0. The van der Waals surface area contributed by atoms with Crippen LogP contribution in [0.1, 0.15) is 49.8 Å². The quantitative estimate of drug-likeness (QED) is 0.316. The summed E-state index contributed by atoms with van der Waals surface area (Å²) < 4.78 is 18.0. The smallest absolute Gasteiger partial charge is 0.330 e. The fourth-order valence-corrected chi connectivity index (χ4v) is 4.85. The second-order valence-electron chi connectivity index (χ2n) is 8.90. The Balaban J connectivity index is 1.46. The highest BCUT2D eigenvalue weighted by Gasteiger charge is 2.38. The average molecular weight is 485 g/mol. The Morgan fingerprint density at radius 2 is 1.53 bits per heavy atom. The van der Waals surface area contributed by atoms with Crippen LogP contribution in [-0.2, 0) is 41.2 Å². The van der Waals surface area contributed by atoms with Crippen LogP contribution in [0, 0.1) is 11.8 Å². The molecule has 8 heteroatoms. The zero-order valence-corrected chi connectivity index (χ0v) is 20.5. The van der Waals surface area contributed by atoms with E-state index in [-0.39, 0.29) is 31.5 Å². The summed E-state index contributed by atoms with van der Waals surface area (Å²) in [5, 5.41) is 0.533. The first-order valence-corrected chi connectivity index (χ1v) is 12.9. The Labute approximate surface area is 201 Å². The molecule has 0 N–H and O–H groups in total. The summed E-state index contributed by atoms with van der Waals surface area (Å²) >= 11 is 0. The van der Waals surface area contributed by atoms with Gasteiger partial charge in [0.25, 0.3) is 11.8 Å². The number of rotatable bonds is 12. The molecule has 3 rings (SSSR count). The van der Waals surface area contributed by atoms with Crippen molar-refractivity contribution < 1.29 is 28.3 Å². The highest BCUT2D eigenvalue weighted by molar-refractivity contribution is 7.39. The van der Waals surface area contributed by atoms with Crippen molar-refractivity contribution in [1.29, 1.82) is 0 Å². The molecule has 1 saturated heterocycles. The number of carbonyl (C=O) groups excluding carboxylic acids is 3. The molecule has 7 nitrogen and oxygen atoms in total. The summed E-state index contributed by atoms with van der Waals surface area (Å²) in [5.41, 5.74) is 3.54. The SMILES string of the molecule is CC(C)CC(C[P+](=O)OCCc1ccc(Cc2ccccc2)cc1)C(=O)ON1C(=O)CCC1=O. The second-order valence-corrected chi connectivity index (χ2v) is 10.2. The molecular weight excluding hydrogens is 453 g/mol. The van der Waals surface area contributed by atoms with Crippen molar-refractivity contribution in [2.45, 2.75) is 46.0 Å². The van der Waals surface area contributed by atoms with Gasteiger partial charge >= 0.3 is 14.0 Å². The Morgan fingerprint density at radius 3 is 2.15 bits per heavy atom. The van der Waals surface area contributed by atoms with Crippen LogP contribution >= 0.6 is 8.03 Å². The number of hydrogen-bond acceptors (Lipinski definition) is 6. The van der Waals surface area contributed by atoms with E-state index >= 15 is 0 Å².